The van der Waals surface area contributed by atoms with Crippen LogP contribution in [0.25, 0.3) is 0 Å². The first-order valence-electron chi connectivity index (χ1n) is 6.79. The molecule has 0 radical (unpaired) electrons. The van der Waals surface area contributed by atoms with E-state index in [2.05, 4.69) is 20.8 Å². The number of hydrogen-bond donors (Lipinski definition) is 0. The fourth-order valence-electron chi connectivity index (χ4n) is 2.10. The fourth-order valence-corrected chi connectivity index (χ4v) is 2.10. The van der Waals surface area contributed by atoms with Gasteiger partial charge in [-0.25, -0.2) is 0 Å². The van der Waals surface area contributed by atoms with Crippen LogP contribution >= 0.6 is 0 Å². The van der Waals surface area contributed by atoms with Gasteiger partial charge in [-0.05, 0) is 38.4 Å². The number of carbonyl (C=O) groups excluding carboxylic acids is 1. The van der Waals surface area contributed by atoms with Crippen molar-refractivity contribution in [3.05, 3.63) is 39.9 Å². The standard InChI is InChI=1S/C15H22N2O3/c1-11(2)9-12(3)16(4)10-15(18)13-5-7-14(8-6-13)17(19)20/h5-8,11-12H,9-10H2,1-4H3. The summed E-state index contributed by atoms with van der Waals surface area (Å²) < 4.78 is 0. The first-order valence-corrected chi connectivity index (χ1v) is 6.79. The maximum absolute atomic E-state index is 12.1. The van der Waals surface area contributed by atoms with Crippen molar-refractivity contribution in [1.82, 2.24) is 4.90 Å². The average molecular weight is 278 g/mol. The van der Waals surface area contributed by atoms with Crippen LogP contribution in [-0.2, 0) is 0 Å². The van der Waals surface area contributed by atoms with Gasteiger partial charge in [-0.3, -0.25) is 19.8 Å². The van der Waals surface area contributed by atoms with Gasteiger partial charge in [0.15, 0.2) is 5.78 Å². The van der Waals surface area contributed by atoms with Crippen LogP contribution < -0.4 is 0 Å². The van der Waals surface area contributed by atoms with Crippen molar-refractivity contribution >= 4 is 11.5 Å². The molecule has 1 aromatic carbocycles. The lowest BCUT2D eigenvalue weighted by Crippen LogP contribution is -2.34. The average Bonchev–Trinajstić information content (AvgIpc) is 2.37. The summed E-state index contributed by atoms with van der Waals surface area (Å²) in [5.74, 6) is 0.569. The topological polar surface area (TPSA) is 63.5 Å². The van der Waals surface area contributed by atoms with E-state index < -0.39 is 4.92 Å². The van der Waals surface area contributed by atoms with Gasteiger partial charge in [-0.1, -0.05) is 13.8 Å². The number of likely N-dealkylation sites (N-methyl/N-ethyl adjacent to an activating group) is 1. The van der Waals surface area contributed by atoms with E-state index in [1.165, 1.54) is 24.3 Å². The number of Topliss-reactive ketones (excluding diaryl/α,β-unsaturated/α-hetero) is 1. The molecule has 1 unspecified atom stereocenters. The van der Waals surface area contributed by atoms with Crippen LogP contribution in [0.3, 0.4) is 0 Å². The van der Waals surface area contributed by atoms with E-state index in [0.717, 1.165) is 6.42 Å². The number of nitrogens with zero attached hydrogens (tertiary/aromatic N) is 2. The molecule has 20 heavy (non-hydrogen) atoms. The van der Waals surface area contributed by atoms with Gasteiger partial charge >= 0.3 is 0 Å². The van der Waals surface area contributed by atoms with Crippen LogP contribution in [0.5, 0.6) is 0 Å². The normalized spacial score (nSPS) is 12.7. The highest BCUT2D eigenvalue weighted by atomic mass is 16.6. The molecule has 0 aromatic heterocycles. The molecule has 0 N–H and O–H groups in total. The predicted molar refractivity (Wildman–Crippen MR) is 79.0 cm³/mol. The van der Waals surface area contributed by atoms with Gasteiger partial charge in [0.25, 0.3) is 5.69 Å². The third kappa shape index (κ3) is 4.74. The lowest BCUT2D eigenvalue weighted by atomic mass is 10.0. The molecular formula is C15H22N2O3. The van der Waals surface area contributed by atoms with Gasteiger partial charge in [0.2, 0.25) is 0 Å². The second kappa shape index (κ2) is 7.14. The van der Waals surface area contributed by atoms with Gasteiger partial charge in [0, 0.05) is 23.7 Å². The Kier molecular flexibility index (Phi) is 5.82. The summed E-state index contributed by atoms with van der Waals surface area (Å²) in [7, 11) is 1.93. The SMILES string of the molecule is CC(C)CC(C)N(C)CC(=O)c1ccc([N+](=O)[O-])cc1. The summed E-state index contributed by atoms with van der Waals surface area (Å²) in [4.78, 5) is 24.2. The summed E-state index contributed by atoms with van der Waals surface area (Å²) in [5.41, 5.74) is 0.516. The Morgan fingerprint density at radius 3 is 2.25 bits per heavy atom. The zero-order valence-corrected chi connectivity index (χ0v) is 12.5. The molecule has 0 amide bonds. The Morgan fingerprint density at radius 2 is 1.80 bits per heavy atom. The van der Waals surface area contributed by atoms with Gasteiger partial charge in [0.1, 0.15) is 0 Å². The van der Waals surface area contributed by atoms with Gasteiger partial charge in [0.05, 0.1) is 11.5 Å². The minimum atomic E-state index is -0.467. The molecule has 110 valence electrons. The van der Waals surface area contributed by atoms with Crippen molar-refractivity contribution in [2.24, 2.45) is 5.92 Å². The fraction of sp³-hybridized carbons (Fsp3) is 0.533. The molecule has 1 rings (SSSR count). The molecule has 0 spiro atoms. The van der Waals surface area contributed by atoms with Gasteiger partial charge in [-0.15, -0.1) is 0 Å². The number of nitro groups is 1. The molecule has 0 saturated carbocycles. The van der Waals surface area contributed by atoms with Crippen molar-refractivity contribution in [3.8, 4) is 0 Å². The Morgan fingerprint density at radius 1 is 1.25 bits per heavy atom. The van der Waals surface area contributed by atoms with Gasteiger partial charge in [-0.2, -0.15) is 0 Å². The lowest BCUT2D eigenvalue weighted by molar-refractivity contribution is -0.384. The van der Waals surface area contributed by atoms with Crippen LogP contribution in [0.1, 0.15) is 37.6 Å². The summed E-state index contributed by atoms with van der Waals surface area (Å²) in [5, 5.41) is 10.6. The van der Waals surface area contributed by atoms with Crippen molar-refractivity contribution in [3.63, 3.8) is 0 Å². The number of ketones is 1. The van der Waals surface area contributed by atoms with Gasteiger partial charge < -0.3 is 0 Å². The maximum atomic E-state index is 12.1. The number of nitro benzene ring substituents is 1. The molecule has 5 heteroatoms. The number of hydrogen-bond acceptors (Lipinski definition) is 4. The predicted octanol–water partition coefficient (Wildman–Crippen LogP) is 3.14. The first kappa shape index (κ1) is 16.3. The zero-order valence-electron chi connectivity index (χ0n) is 12.5. The smallest absolute Gasteiger partial charge is 0.269 e. The van der Waals surface area contributed by atoms with E-state index in [1.807, 2.05) is 11.9 Å². The third-order valence-corrected chi connectivity index (χ3v) is 3.36. The monoisotopic (exact) mass is 278 g/mol. The molecule has 0 saturated heterocycles. The van der Waals surface area contributed by atoms with Crippen molar-refractivity contribution < 1.29 is 9.72 Å². The van der Waals surface area contributed by atoms with Crippen LogP contribution in [0.15, 0.2) is 24.3 Å². The molecule has 0 bridgehead atoms. The van der Waals surface area contributed by atoms with E-state index in [9.17, 15) is 14.9 Å². The minimum absolute atomic E-state index is 0.00285. The van der Waals surface area contributed by atoms with E-state index >= 15 is 0 Å². The molecule has 0 aliphatic rings. The van der Waals surface area contributed by atoms with E-state index in [1.54, 1.807) is 0 Å². The number of benzene rings is 1. The lowest BCUT2D eigenvalue weighted by Gasteiger charge is -2.25. The van der Waals surface area contributed by atoms with Crippen molar-refractivity contribution in [1.29, 1.82) is 0 Å². The largest absolute Gasteiger partial charge is 0.296 e. The Balaban J connectivity index is 2.64. The first-order chi connectivity index (χ1) is 9.31. The third-order valence-electron chi connectivity index (χ3n) is 3.36. The van der Waals surface area contributed by atoms with E-state index in [4.69, 9.17) is 0 Å². The quantitative estimate of drug-likeness (QED) is 0.436. The Labute approximate surface area is 119 Å². The number of carbonyl (C=O) groups is 1. The highest BCUT2D eigenvalue weighted by Gasteiger charge is 2.16. The molecule has 0 heterocycles. The second-order valence-electron chi connectivity index (χ2n) is 5.62. The van der Waals surface area contributed by atoms with Crippen LogP contribution in [0, 0.1) is 16.0 Å². The molecule has 0 fully saturated rings. The zero-order chi connectivity index (χ0) is 15.3. The van der Waals surface area contributed by atoms with Crippen LogP contribution in [0.2, 0.25) is 0 Å². The highest BCUT2D eigenvalue weighted by Crippen LogP contribution is 2.14. The summed E-state index contributed by atoms with van der Waals surface area (Å²) in [6.07, 6.45) is 1.03. The van der Waals surface area contributed by atoms with Crippen molar-refractivity contribution in [2.45, 2.75) is 33.2 Å². The maximum Gasteiger partial charge on any atom is 0.269 e. The molecular weight excluding hydrogens is 256 g/mol. The molecule has 1 atom stereocenters. The number of rotatable bonds is 7. The van der Waals surface area contributed by atoms with Crippen LogP contribution in [-0.4, -0.2) is 35.2 Å². The molecule has 1 aromatic rings. The second-order valence-corrected chi connectivity index (χ2v) is 5.62. The van der Waals surface area contributed by atoms with Crippen LogP contribution in [0.4, 0.5) is 5.69 Å². The molecule has 0 aliphatic carbocycles. The summed E-state index contributed by atoms with van der Waals surface area (Å²) in [6.45, 7) is 6.74. The molecule has 5 nitrogen and oxygen atoms in total. The number of non-ortho nitro benzene ring substituents is 1. The molecule has 0 aliphatic heterocycles. The van der Waals surface area contributed by atoms with E-state index in [-0.39, 0.29) is 11.5 Å². The summed E-state index contributed by atoms with van der Waals surface area (Å²) >= 11 is 0. The Hall–Kier alpha value is -1.75. The van der Waals surface area contributed by atoms with Crippen molar-refractivity contribution in [2.75, 3.05) is 13.6 Å². The summed E-state index contributed by atoms with van der Waals surface area (Å²) in [6, 6.07) is 6.09. The Bertz CT molecular complexity index is 469. The minimum Gasteiger partial charge on any atom is -0.296 e. The highest BCUT2D eigenvalue weighted by molar-refractivity contribution is 5.97. The van der Waals surface area contributed by atoms with E-state index in [0.29, 0.717) is 24.1 Å².